The van der Waals surface area contributed by atoms with Gasteiger partial charge in [-0.3, -0.25) is 5.10 Å². The zero-order valence-corrected chi connectivity index (χ0v) is 12.0. The maximum atomic E-state index is 12.0. The van der Waals surface area contributed by atoms with Crippen molar-refractivity contribution in [2.24, 2.45) is 0 Å². The lowest BCUT2D eigenvalue weighted by atomic mass is 10.4. The lowest BCUT2D eigenvalue weighted by molar-refractivity contribution is 0.245. The molecule has 0 aliphatic rings. The van der Waals surface area contributed by atoms with E-state index < -0.39 is 10.0 Å². The molecule has 0 bridgehead atoms. The number of aliphatic hydroxyl groups is 1. The van der Waals surface area contributed by atoms with Gasteiger partial charge in [0.2, 0.25) is 10.0 Å². The fraction of sp³-hybridized carbons (Fsp3) is 0.333. The zero-order chi connectivity index (χ0) is 13.9. The van der Waals surface area contributed by atoms with Gasteiger partial charge in [-0.25, -0.2) is 18.1 Å². The summed E-state index contributed by atoms with van der Waals surface area (Å²) in [4.78, 5) is 3.83. The Morgan fingerprint density at radius 1 is 1.53 bits per heavy atom. The van der Waals surface area contributed by atoms with E-state index in [4.69, 9.17) is 9.52 Å². The molecule has 0 atom stereocenters. The van der Waals surface area contributed by atoms with E-state index in [0.717, 1.165) is 0 Å². The van der Waals surface area contributed by atoms with E-state index in [1.54, 1.807) is 0 Å². The van der Waals surface area contributed by atoms with Crippen molar-refractivity contribution < 1.29 is 17.9 Å². The molecule has 2 aromatic rings. The van der Waals surface area contributed by atoms with Gasteiger partial charge < -0.3 is 9.52 Å². The van der Waals surface area contributed by atoms with Crippen molar-refractivity contribution in [1.29, 1.82) is 0 Å². The SMILES string of the molecule is O=S(=O)(NCCc1ncn[nH]1)c1cc(CO)oc1Br. The van der Waals surface area contributed by atoms with Crippen LogP contribution in [-0.4, -0.2) is 35.3 Å². The molecule has 0 fully saturated rings. The Kier molecular flexibility index (Phi) is 4.34. The molecule has 10 heteroatoms. The highest BCUT2D eigenvalue weighted by Gasteiger charge is 2.21. The molecule has 0 saturated carbocycles. The molecule has 0 unspecified atom stereocenters. The smallest absolute Gasteiger partial charge is 0.244 e. The topological polar surface area (TPSA) is 121 Å². The standard InChI is InChI=1S/C9H11BrN4O4S/c10-9-7(3-6(4-15)18-9)19(16,17)13-2-1-8-11-5-12-14-8/h3,5,13,15H,1-2,4H2,(H,11,12,14). The molecule has 2 rings (SSSR count). The normalized spacial score (nSPS) is 11.9. The molecular weight excluding hydrogens is 340 g/mol. The summed E-state index contributed by atoms with van der Waals surface area (Å²) in [5.41, 5.74) is 0. The van der Waals surface area contributed by atoms with Gasteiger partial charge in [0.25, 0.3) is 0 Å². The maximum Gasteiger partial charge on any atom is 0.244 e. The second-order valence-electron chi connectivity index (χ2n) is 3.59. The third kappa shape index (κ3) is 3.41. The van der Waals surface area contributed by atoms with Crippen molar-refractivity contribution in [1.82, 2.24) is 19.9 Å². The van der Waals surface area contributed by atoms with Crippen LogP contribution in [0.15, 0.2) is 26.4 Å². The second kappa shape index (κ2) is 5.82. The largest absolute Gasteiger partial charge is 0.450 e. The fourth-order valence-electron chi connectivity index (χ4n) is 1.39. The van der Waals surface area contributed by atoms with Crippen molar-refractivity contribution in [3.63, 3.8) is 0 Å². The molecule has 0 amide bonds. The molecule has 0 saturated heterocycles. The highest BCUT2D eigenvalue weighted by atomic mass is 79.9. The van der Waals surface area contributed by atoms with Gasteiger partial charge >= 0.3 is 0 Å². The predicted molar refractivity (Wildman–Crippen MR) is 67.6 cm³/mol. The van der Waals surface area contributed by atoms with E-state index in [2.05, 4.69) is 35.8 Å². The van der Waals surface area contributed by atoms with Crippen molar-refractivity contribution in [3.8, 4) is 0 Å². The Morgan fingerprint density at radius 3 is 2.89 bits per heavy atom. The minimum Gasteiger partial charge on any atom is -0.450 e. The molecule has 0 aromatic carbocycles. The molecule has 0 radical (unpaired) electrons. The Bertz CT molecular complexity index is 637. The first-order chi connectivity index (χ1) is 9.03. The van der Waals surface area contributed by atoms with Gasteiger partial charge in [0.15, 0.2) is 4.67 Å². The quantitative estimate of drug-likeness (QED) is 0.682. The molecule has 3 N–H and O–H groups in total. The predicted octanol–water partition coefficient (Wildman–Crippen LogP) is 0.173. The minimum absolute atomic E-state index is 0.0471. The van der Waals surface area contributed by atoms with Gasteiger partial charge in [-0.05, 0) is 15.9 Å². The van der Waals surface area contributed by atoms with Gasteiger partial charge in [-0.2, -0.15) is 5.10 Å². The molecule has 8 nitrogen and oxygen atoms in total. The average Bonchev–Trinajstić information content (AvgIpc) is 2.98. The van der Waals surface area contributed by atoms with E-state index in [1.807, 2.05) is 0 Å². The van der Waals surface area contributed by atoms with Gasteiger partial charge in [-0.1, -0.05) is 0 Å². The monoisotopic (exact) mass is 350 g/mol. The summed E-state index contributed by atoms with van der Waals surface area (Å²) in [5, 5.41) is 15.2. The van der Waals surface area contributed by atoms with Crippen LogP contribution in [0.25, 0.3) is 0 Å². The number of H-pyrrole nitrogens is 1. The second-order valence-corrected chi connectivity index (χ2v) is 6.04. The van der Waals surface area contributed by atoms with Crippen molar-refractivity contribution in [2.45, 2.75) is 17.9 Å². The number of sulfonamides is 1. The van der Waals surface area contributed by atoms with Gasteiger partial charge in [0.1, 0.15) is 29.4 Å². The van der Waals surface area contributed by atoms with Crippen LogP contribution < -0.4 is 4.72 Å². The number of nitrogens with zero attached hydrogens (tertiary/aromatic N) is 2. The van der Waals surface area contributed by atoms with Crippen LogP contribution in [0.4, 0.5) is 0 Å². The van der Waals surface area contributed by atoms with Gasteiger partial charge in [-0.15, -0.1) is 0 Å². The Hall–Kier alpha value is -1.23. The van der Waals surface area contributed by atoms with Crippen molar-refractivity contribution in [3.05, 3.63) is 28.6 Å². The first-order valence-electron chi connectivity index (χ1n) is 5.26. The minimum atomic E-state index is -3.70. The first-order valence-corrected chi connectivity index (χ1v) is 7.53. The van der Waals surface area contributed by atoms with Gasteiger partial charge in [0.05, 0.1) is 0 Å². The number of aliphatic hydroxyl groups excluding tert-OH is 1. The number of hydrogen-bond donors (Lipinski definition) is 3. The fourth-order valence-corrected chi connectivity index (χ4v) is 3.42. The lowest BCUT2D eigenvalue weighted by Gasteiger charge is -2.03. The summed E-state index contributed by atoms with van der Waals surface area (Å²) < 4.78 is 31.4. The molecule has 2 heterocycles. The third-order valence-corrected chi connectivity index (χ3v) is 4.59. The highest BCUT2D eigenvalue weighted by molar-refractivity contribution is 9.10. The van der Waals surface area contributed by atoms with Crippen LogP contribution in [0.2, 0.25) is 0 Å². The number of hydrogen-bond acceptors (Lipinski definition) is 6. The molecule has 0 aliphatic heterocycles. The van der Waals surface area contributed by atoms with Crippen molar-refractivity contribution >= 4 is 26.0 Å². The maximum absolute atomic E-state index is 12.0. The van der Waals surface area contributed by atoms with E-state index in [0.29, 0.717) is 12.2 Å². The molecule has 104 valence electrons. The first kappa shape index (κ1) is 14.2. The molecule has 0 aliphatic carbocycles. The van der Waals surface area contributed by atoms with E-state index in [-0.39, 0.29) is 28.5 Å². The summed E-state index contributed by atoms with van der Waals surface area (Å²) >= 11 is 3.00. The van der Waals surface area contributed by atoms with Crippen LogP contribution in [-0.2, 0) is 23.1 Å². The lowest BCUT2D eigenvalue weighted by Crippen LogP contribution is -2.26. The molecule has 19 heavy (non-hydrogen) atoms. The summed E-state index contributed by atoms with van der Waals surface area (Å²) in [5.74, 6) is 0.757. The summed E-state index contributed by atoms with van der Waals surface area (Å²) in [6.45, 7) is -0.199. The average molecular weight is 351 g/mol. The molecule has 0 spiro atoms. The molecule has 2 aromatic heterocycles. The summed E-state index contributed by atoms with van der Waals surface area (Å²) in [6.07, 6.45) is 1.74. The van der Waals surface area contributed by atoms with E-state index >= 15 is 0 Å². The van der Waals surface area contributed by atoms with Crippen LogP contribution in [0.5, 0.6) is 0 Å². The summed E-state index contributed by atoms with van der Waals surface area (Å²) in [7, 11) is -3.70. The number of nitrogens with one attached hydrogen (secondary N) is 2. The number of aromatic amines is 1. The number of aromatic nitrogens is 3. The van der Waals surface area contributed by atoms with Crippen LogP contribution >= 0.6 is 15.9 Å². The van der Waals surface area contributed by atoms with Crippen LogP contribution in [0.1, 0.15) is 11.6 Å². The highest BCUT2D eigenvalue weighted by Crippen LogP contribution is 2.25. The van der Waals surface area contributed by atoms with Crippen LogP contribution in [0.3, 0.4) is 0 Å². The number of halogens is 1. The summed E-state index contributed by atoms with van der Waals surface area (Å²) in [6, 6.07) is 1.26. The van der Waals surface area contributed by atoms with Crippen molar-refractivity contribution in [2.75, 3.05) is 6.54 Å². The number of furan rings is 1. The third-order valence-electron chi connectivity index (χ3n) is 2.27. The Balaban J connectivity index is 2.03. The van der Waals surface area contributed by atoms with E-state index in [1.165, 1.54) is 12.4 Å². The number of rotatable bonds is 6. The zero-order valence-electron chi connectivity index (χ0n) is 9.63. The molecular formula is C9H11BrN4O4S. The van der Waals surface area contributed by atoms with E-state index in [9.17, 15) is 8.42 Å². The van der Waals surface area contributed by atoms with Gasteiger partial charge in [0, 0.05) is 19.0 Å². The van der Waals surface area contributed by atoms with Crippen LogP contribution in [0, 0.1) is 0 Å². The Labute approximate surface area is 117 Å². The Morgan fingerprint density at radius 2 is 2.32 bits per heavy atom.